The van der Waals surface area contributed by atoms with E-state index in [4.69, 9.17) is 0 Å². The van der Waals surface area contributed by atoms with Crippen LogP contribution in [0.4, 0.5) is 33.1 Å². The number of rotatable bonds is 38. The van der Waals surface area contributed by atoms with Crippen molar-refractivity contribution < 1.29 is 9.59 Å². The number of nitrogens with one attached hydrogen (secondary N) is 6. The van der Waals surface area contributed by atoms with Crippen molar-refractivity contribution in [1.29, 1.82) is 0 Å². The summed E-state index contributed by atoms with van der Waals surface area (Å²) in [6.07, 6.45) is 33.8. The summed E-state index contributed by atoms with van der Waals surface area (Å²) in [4.78, 5) is 67.1. The van der Waals surface area contributed by atoms with E-state index in [9.17, 15) is 19.2 Å². The standard InChI is InChI=1S/2C25H47N5O2/c2*1-4-7-10-11-12-13-14-15-16-17-18-26-25(32)29-24-27-22(21-23(31)28-24)30(19-8-5-2)20-9-6-3/h2*21H,4-20H2,1-3H3,(H3,26,27,28,29,31,32). The van der Waals surface area contributed by atoms with E-state index in [0.717, 1.165) is 103 Å². The molecule has 14 nitrogen and oxygen atoms in total. The third-order valence-corrected chi connectivity index (χ3v) is 11.3. The van der Waals surface area contributed by atoms with E-state index in [-0.39, 0.29) is 35.1 Å². The van der Waals surface area contributed by atoms with Crippen molar-refractivity contribution in [3.63, 3.8) is 0 Å². The van der Waals surface area contributed by atoms with Crippen molar-refractivity contribution in [2.45, 2.75) is 221 Å². The zero-order chi connectivity index (χ0) is 46.9. The van der Waals surface area contributed by atoms with Crippen LogP contribution in [0.3, 0.4) is 0 Å². The summed E-state index contributed by atoms with van der Waals surface area (Å²) >= 11 is 0. The molecular formula is C50H94N10O4. The number of hydrogen-bond donors (Lipinski definition) is 6. The van der Waals surface area contributed by atoms with Crippen molar-refractivity contribution in [2.24, 2.45) is 0 Å². The first-order valence-corrected chi connectivity index (χ1v) is 26.0. The Labute approximate surface area is 388 Å². The molecule has 0 saturated heterocycles. The minimum atomic E-state index is -0.324. The summed E-state index contributed by atoms with van der Waals surface area (Å²) in [6, 6.07) is 2.38. The first-order chi connectivity index (χ1) is 31.2. The molecule has 0 atom stereocenters. The number of amides is 4. The van der Waals surface area contributed by atoms with Crippen molar-refractivity contribution in [1.82, 2.24) is 30.6 Å². The lowest BCUT2D eigenvalue weighted by molar-refractivity contribution is 0.251. The maximum Gasteiger partial charge on any atom is 0.321 e. The zero-order valence-electron chi connectivity index (χ0n) is 41.6. The first-order valence-electron chi connectivity index (χ1n) is 26.0. The van der Waals surface area contributed by atoms with Gasteiger partial charge >= 0.3 is 12.1 Å². The van der Waals surface area contributed by atoms with Crippen molar-refractivity contribution >= 4 is 35.6 Å². The second-order valence-corrected chi connectivity index (χ2v) is 17.4. The van der Waals surface area contributed by atoms with Crippen molar-refractivity contribution in [3.8, 4) is 0 Å². The van der Waals surface area contributed by atoms with Crippen LogP contribution in [-0.4, -0.2) is 71.3 Å². The van der Waals surface area contributed by atoms with E-state index in [1.54, 1.807) is 0 Å². The number of aromatic nitrogens is 4. The molecule has 14 heteroatoms. The van der Waals surface area contributed by atoms with Gasteiger partial charge in [0.05, 0.1) is 0 Å². The van der Waals surface area contributed by atoms with Crippen LogP contribution in [0.15, 0.2) is 21.7 Å². The second kappa shape index (κ2) is 40.4. The van der Waals surface area contributed by atoms with Gasteiger partial charge in [0, 0.05) is 51.4 Å². The first kappa shape index (κ1) is 57.9. The van der Waals surface area contributed by atoms with Gasteiger partial charge in [0.1, 0.15) is 11.6 Å². The molecule has 0 aliphatic rings. The maximum atomic E-state index is 12.2. The van der Waals surface area contributed by atoms with E-state index < -0.39 is 0 Å². The van der Waals surface area contributed by atoms with Crippen LogP contribution >= 0.6 is 0 Å². The lowest BCUT2D eigenvalue weighted by Gasteiger charge is -2.23. The van der Waals surface area contributed by atoms with Gasteiger partial charge in [-0.25, -0.2) is 9.59 Å². The van der Waals surface area contributed by atoms with Gasteiger partial charge in [0.2, 0.25) is 11.9 Å². The van der Waals surface area contributed by atoms with Crippen LogP contribution in [0.2, 0.25) is 0 Å². The van der Waals surface area contributed by atoms with Crippen LogP contribution in [0.5, 0.6) is 0 Å². The highest BCUT2D eigenvalue weighted by Crippen LogP contribution is 2.15. The molecular weight excluding hydrogens is 805 g/mol. The van der Waals surface area contributed by atoms with Crippen molar-refractivity contribution in [3.05, 3.63) is 32.8 Å². The highest BCUT2D eigenvalue weighted by Gasteiger charge is 2.13. The molecule has 0 aromatic carbocycles. The van der Waals surface area contributed by atoms with Gasteiger partial charge in [-0.2, -0.15) is 9.97 Å². The molecule has 0 aliphatic heterocycles. The molecule has 368 valence electrons. The highest BCUT2D eigenvalue weighted by molar-refractivity contribution is 5.87. The molecule has 0 spiro atoms. The topological polar surface area (TPSA) is 180 Å². The Morgan fingerprint density at radius 1 is 0.422 bits per heavy atom. The fourth-order valence-electron chi connectivity index (χ4n) is 7.34. The zero-order valence-corrected chi connectivity index (χ0v) is 41.6. The minimum absolute atomic E-state index is 0.200. The van der Waals surface area contributed by atoms with Gasteiger partial charge < -0.3 is 20.4 Å². The van der Waals surface area contributed by atoms with Gasteiger partial charge in [0.15, 0.2) is 0 Å². The number of aromatic amines is 2. The molecule has 0 fully saturated rings. The summed E-state index contributed by atoms with van der Waals surface area (Å²) in [5.74, 6) is 1.65. The molecule has 0 radical (unpaired) electrons. The number of anilines is 4. The van der Waals surface area contributed by atoms with Crippen LogP contribution < -0.4 is 42.2 Å². The molecule has 0 bridgehead atoms. The largest absolute Gasteiger partial charge is 0.356 e. The van der Waals surface area contributed by atoms with Crippen LogP contribution in [0.1, 0.15) is 221 Å². The van der Waals surface area contributed by atoms with E-state index in [1.807, 2.05) is 0 Å². The Morgan fingerprint density at radius 3 is 0.969 bits per heavy atom. The number of H-pyrrole nitrogens is 2. The Kier molecular flexibility index (Phi) is 36.6. The number of carbonyl (C=O) groups excluding carboxylic acids is 2. The van der Waals surface area contributed by atoms with Crippen LogP contribution in [-0.2, 0) is 0 Å². The molecule has 0 unspecified atom stereocenters. The average Bonchev–Trinajstić information content (AvgIpc) is 3.27. The smallest absolute Gasteiger partial charge is 0.321 e. The number of hydrogen-bond acceptors (Lipinski definition) is 8. The van der Waals surface area contributed by atoms with Gasteiger partial charge in [-0.05, 0) is 38.5 Å². The van der Waals surface area contributed by atoms with Crippen molar-refractivity contribution in [2.75, 3.05) is 59.7 Å². The monoisotopic (exact) mass is 899 g/mol. The Bertz CT molecular complexity index is 1420. The summed E-state index contributed by atoms with van der Waals surface area (Å²) in [6.45, 7) is 17.8. The second-order valence-electron chi connectivity index (χ2n) is 17.4. The predicted molar refractivity (Wildman–Crippen MR) is 272 cm³/mol. The van der Waals surface area contributed by atoms with Gasteiger partial charge in [-0.3, -0.25) is 30.2 Å². The number of unbranched alkanes of at least 4 members (excludes halogenated alkanes) is 22. The summed E-state index contributed by atoms with van der Waals surface area (Å²) in [7, 11) is 0. The van der Waals surface area contributed by atoms with Gasteiger partial charge in [-0.1, -0.05) is 183 Å². The lowest BCUT2D eigenvalue weighted by Crippen LogP contribution is -2.32. The van der Waals surface area contributed by atoms with E-state index >= 15 is 0 Å². The third kappa shape index (κ3) is 30.9. The fraction of sp³-hybridized carbons (Fsp3) is 0.800. The molecule has 0 saturated carbocycles. The summed E-state index contributed by atoms with van der Waals surface area (Å²) in [5, 5.41) is 11.1. The number of nitrogens with zero attached hydrogens (tertiary/aromatic N) is 4. The Balaban J connectivity index is 0.000000640. The maximum absolute atomic E-state index is 12.2. The Hall–Kier alpha value is -4.10. The third-order valence-electron chi connectivity index (χ3n) is 11.3. The number of urea groups is 2. The fourth-order valence-corrected chi connectivity index (χ4v) is 7.34. The van der Waals surface area contributed by atoms with Crippen LogP contribution in [0.25, 0.3) is 0 Å². The van der Waals surface area contributed by atoms with E-state index in [1.165, 1.54) is 115 Å². The van der Waals surface area contributed by atoms with E-state index in [2.05, 4.69) is 92.5 Å². The molecule has 6 N–H and O–H groups in total. The predicted octanol–water partition coefficient (Wildman–Crippen LogP) is 12.4. The Morgan fingerprint density at radius 2 is 0.688 bits per heavy atom. The highest BCUT2D eigenvalue weighted by atomic mass is 16.2. The molecule has 64 heavy (non-hydrogen) atoms. The molecule has 0 aliphatic carbocycles. The van der Waals surface area contributed by atoms with E-state index in [0.29, 0.717) is 24.7 Å². The SMILES string of the molecule is CCCCCCCCCCCCNC(=O)Nc1nc(N(CCCC)CCCC)cc(=O)[nH]1.CCCCCCCCCCCCNC(=O)Nc1nc(N(CCCC)CCCC)cc(=O)[nH]1. The van der Waals surface area contributed by atoms with Crippen LogP contribution in [0, 0.1) is 0 Å². The lowest BCUT2D eigenvalue weighted by atomic mass is 10.1. The normalized spacial score (nSPS) is 10.8. The molecule has 4 amide bonds. The van der Waals surface area contributed by atoms with Gasteiger partial charge in [0.25, 0.3) is 11.1 Å². The summed E-state index contributed by atoms with van der Waals surface area (Å²) in [5.41, 5.74) is -0.504. The minimum Gasteiger partial charge on any atom is -0.356 e. The van der Waals surface area contributed by atoms with Gasteiger partial charge in [-0.15, -0.1) is 0 Å². The molecule has 2 heterocycles. The number of carbonyl (C=O) groups is 2. The molecule has 2 rings (SSSR count). The molecule has 2 aromatic heterocycles. The quantitative estimate of drug-likeness (QED) is 0.0360. The average molecular weight is 899 g/mol. The molecule has 2 aromatic rings. The summed E-state index contributed by atoms with van der Waals surface area (Å²) < 4.78 is 0.